The van der Waals surface area contributed by atoms with Crippen LogP contribution in [0.15, 0.2) is 11.6 Å². The van der Waals surface area contributed by atoms with Crippen LogP contribution in [-0.4, -0.2) is 0 Å². The van der Waals surface area contributed by atoms with Crippen molar-refractivity contribution in [1.29, 1.82) is 0 Å². The van der Waals surface area contributed by atoms with E-state index in [-0.39, 0.29) is 0 Å². The van der Waals surface area contributed by atoms with Gasteiger partial charge in [-0.2, -0.15) is 0 Å². The minimum absolute atomic E-state index is 0.798. The topological polar surface area (TPSA) is 0 Å². The molecule has 0 aromatic rings. The molecule has 2 aliphatic carbocycles. The van der Waals surface area contributed by atoms with E-state index in [1.807, 2.05) is 0 Å². The van der Waals surface area contributed by atoms with Crippen LogP contribution in [0.1, 0.15) is 79.6 Å². The van der Waals surface area contributed by atoms with Crippen LogP contribution in [-0.2, 0) is 0 Å². The summed E-state index contributed by atoms with van der Waals surface area (Å²) >= 11 is 0. The fourth-order valence-electron chi connectivity index (χ4n) is 4.62. The molecular weight excluding hydrogens is 228 g/mol. The van der Waals surface area contributed by atoms with Gasteiger partial charge in [0, 0.05) is 0 Å². The van der Waals surface area contributed by atoms with Crippen molar-refractivity contribution >= 4 is 0 Å². The fourth-order valence-corrected chi connectivity index (χ4v) is 4.62. The second-order valence-electron chi connectivity index (χ2n) is 7.91. The first kappa shape index (κ1) is 15.1. The molecule has 0 N–H and O–H groups in total. The molecular formula is C19H34. The highest BCUT2D eigenvalue weighted by atomic mass is 14.6. The van der Waals surface area contributed by atoms with Crippen LogP contribution in [0.25, 0.3) is 0 Å². The van der Waals surface area contributed by atoms with Gasteiger partial charge in [-0.15, -0.1) is 0 Å². The third-order valence-electron chi connectivity index (χ3n) is 6.08. The number of hydrogen-bond donors (Lipinski definition) is 0. The Labute approximate surface area is 121 Å². The van der Waals surface area contributed by atoms with Gasteiger partial charge in [-0.05, 0) is 81.5 Å². The summed E-state index contributed by atoms with van der Waals surface area (Å²) in [5.41, 5.74) is 2.28. The molecule has 1 spiro atoms. The van der Waals surface area contributed by atoms with Crippen molar-refractivity contribution in [1.82, 2.24) is 0 Å². The van der Waals surface area contributed by atoms with E-state index >= 15 is 0 Å². The summed E-state index contributed by atoms with van der Waals surface area (Å²) in [5.74, 6) is 3.88. The van der Waals surface area contributed by atoms with Crippen LogP contribution in [0.2, 0.25) is 0 Å². The molecule has 0 nitrogen and oxygen atoms in total. The van der Waals surface area contributed by atoms with E-state index in [1.165, 1.54) is 50.5 Å². The zero-order valence-corrected chi connectivity index (χ0v) is 13.8. The third-order valence-corrected chi connectivity index (χ3v) is 6.08. The molecule has 0 aromatic heterocycles. The van der Waals surface area contributed by atoms with Gasteiger partial charge in [0.25, 0.3) is 0 Å². The Balaban J connectivity index is 2.00. The lowest BCUT2D eigenvalue weighted by Gasteiger charge is -2.44. The number of rotatable bonds is 5. The quantitative estimate of drug-likeness (QED) is 0.516. The predicted octanol–water partition coefficient (Wildman–Crippen LogP) is 6.22. The van der Waals surface area contributed by atoms with Crippen molar-refractivity contribution in [2.75, 3.05) is 0 Å². The van der Waals surface area contributed by atoms with Crippen LogP contribution in [0.3, 0.4) is 0 Å². The van der Waals surface area contributed by atoms with Crippen molar-refractivity contribution in [3.8, 4) is 0 Å². The highest BCUT2D eigenvalue weighted by molar-refractivity contribution is 5.05. The minimum atomic E-state index is 0.798. The van der Waals surface area contributed by atoms with Gasteiger partial charge in [-0.25, -0.2) is 0 Å². The van der Waals surface area contributed by atoms with Gasteiger partial charge in [0.15, 0.2) is 0 Å². The molecule has 4 unspecified atom stereocenters. The highest BCUT2D eigenvalue weighted by Crippen LogP contribution is 2.64. The summed E-state index contributed by atoms with van der Waals surface area (Å²) in [6.45, 7) is 11.9. The summed E-state index contributed by atoms with van der Waals surface area (Å²) in [6.07, 6.45) is 12.7. The first-order valence-electron chi connectivity index (χ1n) is 8.62. The molecule has 0 bridgehead atoms. The Bertz CT molecular complexity index is 317. The Kier molecular flexibility index (Phi) is 4.79. The summed E-state index contributed by atoms with van der Waals surface area (Å²) in [4.78, 5) is 0. The van der Waals surface area contributed by atoms with E-state index in [4.69, 9.17) is 0 Å². The Morgan fingerprint density at radius 3 is 2.47 bits per heavy atom. The van der Waals surface area contributed by atoms with Crippen molar-refractivity contribution in [2.45, 2.75) is 79.6 Å². The van der Waals surface area contributed by atoms with Crippen molar-refractivity contribution in [3.05, 3.63) is 11.6 Å². The SMILES string of the molecule is CCC1C(C)CCC2(CC2)C1CC(C)CC=C(C)C. The number of allylic oxidation sites excluding steroid dienone is 2. The third kappa shape index (κ3) is 3.44. The molecule has 0 saturated heterocycles. The molecule has 0 aromatic carbocycles. The molecule has 110 valence electrons. The molecule has 0 heterocycles. The number of hydrogen-bond acceptors (Lipinski definition) is 0. The standard InChI is InChI=1S/C19H34/c1-6-17-16(5)9-10-19(11-12-19)18(17)13-15(4)8-7-14(2)3/h7,15-18H,6,8-13H2,1-5H3. The summed E-state index contributed by atoms with van der Waals surface area (Å²) in [5, 5.41) is 0. The molecule has 0 heteroatoms. The van der Waals surface area contributed by atoms with Crippen LogP contribution < -0.4 is 0 Å². The van der Waals surface area contributed by atoms with Gasteiger partial charge in [-0.3, -0.25) is 0 Å². The molecule has 4 atom stereocenters. The van der Waals surface area contributed by atoms with Crippen molar-refractivity contribution in [3.63, 3.8) is 0 Å². The zero-order valence-electron chi connectivity index (χ0n) is 13.8. The van der Waals surface area contributed by atoms with E-state index < -0.39 is 0 Å². The molecule has 2 fully saturated rings. The Morgan fingerprint density at radius 1 is 1.26 bits per heavy atom. The highest BCUT2D eigenvalue weighted by Gasteiger charge is 2.54. The van der Waals surface area contributed by atoms with E-state index in [1.54, 1.807) is 0 Å². The molecule has 2 aliphatic rings. The van der Waals surface area contributed by atoms with E-state index in [9.17, 15) is 0 Å². The molecule has 2 rings (SSSR count). The second-order valence-corrected chi connectivity index (χ2v) is 7.91. The van der Waals surface area contributed by atoms with E-state index in [2.05, 4.69) is 40.7 Å². The first-order valence-corrected chi connectivity index (χ1v) is 8.62. The summed E-state index contributed by atoms with van der Waals surface area (Å²) < 4.78 is 0. The lowest BCUT2D eigenvalue weighted by atomic mass is 9.61. The van der Waals surface area contributed by atoms with Gasteiger partial charge < -0.3 is 0 Å². The predicted molar refractivity (Wildman–Crippen MR) is 85.2 cm³/mol. The Hall–Kier alpha value is -0.260. The van der Waals surface area contributed by atoms with Crippen molar-refractivity contribution in [2.24, 2.45) is 29.1 Å². The average Bonchev–Trinajstić information content (AvgIpc) is 3.13. The van der Waals surface area contributed by atoms with Gasteiger partial charge in [0.1, 0.15) is 0 Å². The molecule has 0 aliphatic heterocycles. The zero-order chi connectivity index (χ0) is 14.0. The lowest BCUT2D eigenvalue weighted by molar-refractivity contribution is 0.0595. The summed E-state index contributed by atoms with van der Waals surface area (Å²) in [6, 6.07) is 0. The normalized spacial score (nSPS) is 34.1. The lowest BCUT2D eigenvalue weighted by Crippen LogP contribution is -2.35. The van der Waals surface area contributed by atoms with E-state index in [0.717, 1.165) is 29.1 Å². The van der Waals surface area contributed by atoms with Crippen LogP contribution >= 0.6 is 0 Å². The maximum absolute atomic E-state index is 2.51. The Morgan fingerprint density at radius 2 is 1.95 bits per heavy atom. The van der Waals surface area contributed by atoms with Crippen LogP contribution in [0.5, 0.6) is 0 Å². The van der Waals surface area contributed by atoms with Gasteiger partial charge >= 0.3 is 0 Å². The van der Waals surface area contributed by atoms with Gasteiger partial charge in [0.05, 0.1) is 0 Å². The first-order chi connectivity index (χ1) is 8.98. The molecule has 0 radical (unpaired) electrons. The van der Waals surface area contributed by atoms with Crippen LogP contribution in [0, 0.1) is 29.1 Å². The van der Waals surface area contributed by atoms with Gasteiger partial charge in [0.2, 0.25) is 0 Å². The largest absolute Gasteiger partial charge is 0.0856 e. The second kappa shape index (κ2) is 6.02. The minimum Gasteiger partial charge on any atom is -0.0856 e. The van der Waals surface area contributed by atoms with Gasteiger partial charge in [-0.1, -0.05) is 38.8 Å². The van der Waals surface area contributed by atoms with E-state index in [0.29, 0.717) is 0 Å². The molecule has 0 amide bonds. The fraction of sp³-hybridized carbons (Fsp3) is 0.895. The van der Waals surface area contributed by atoms with Crippen LogP contribution in [0.4, 0.5) is 0 Å². The smallest absolute Gasteiger partial charge is 0.0266 e. The average molecular weight is 262 g/mol. The molecule has 19 heavy (non-hydrogen) atoms. The molecule has 2 saturated carbocycles. The maximum Gasteiger partial charge on any atom is -0.0266 e. The monoisotopic (exact) mass is 262 g/mol. The maximum atomic E-state index is 2.51. The van der Waals surface area contributed by atoms with Crippen molar-refractivity contribution < 1.29 is 0 Å². The summed E-state index contributed by atoms with van der Waals surface area (Å²) in [7, 11) is 0.